The first kappa shape index (κ1) is 13.9. The molecule has 0 aliphatic heterocycles. The number of nitrogens with one attached hydrogen (secondary N) is 1. The molecule has 0 aromatic heterocycles. The van der Waals surface area contributed by atoms with Gasteiger partial charge in [-0.3, -0.25) is 4.79 Å². The zero-order valence-electron chi connectivity index (χ0n) is 10.7. The second-order valence-corrected chi connectivity index (χ2v) is 5.00. The second kappa shape index (κ2) is 5.65. The maximum absolute atomic E-state index is 13.5. The Bertz CT molecular complexity index is 473. The SMILES string of the molecule is CC[C@H](NC(=O)c1cc(F)ccc1F)C1CC(O)C1. The van der Waals surface area contributed by atoms with Crippen LogP contribution >= 0.6 is 0 Å². The number of carbonyl (C=O) groups excluding carboxylic acids is 1. The molecule has 0 spiro atoms. The van der Waals surface area contributed by atoms with Gasteiger partial charge in [-0.05, 0) is 43.4 Å². The molecule has 2 rings (SSSR count). The highest BCUT2D eigenvalue weighted by atomic mass is 19.1. The molecule has 1 aliphatic rings. The second-order valence-electron chi connectivity index (χ2n) is 5.00. The molecule has 0 heterocycles. The number of aliphatic hydroxyl groups is 1. The van der Waals surface area contributed by atoms with Gasteiger partial charge in [0.2, 0.25) is 0 Å². The van der Waals surface area contributed by atoms with Gasteiger partial charge in [0.15, 0.2) is 0 Å². The number of hydrogen-bond acceptors (Lipinski definition) is 2. The number of carbonyl (C=O) groups is 1. The summed E-state index contributed by atoms with van der Waals surface area (Å²) in [6, 6.07) is 2.70. The van der Waals surface area contributed by atoms with Gasteiger partial charge in [-0.2, -0.15) is 0 Å². The highest BCUT2D eigenvalue weighted by Gasteiger charge is 2.34. The molecule has 0 radical (unpaired) electrons. The molecule has 0 unspecified atom stereocenters. The van der Waals surface area contributed by atoms with E-state index in [0.717, 1.165) is 18.2 Å². The molecule has 19 heavy (non-hydrogen) atoms. The van der Waals surface area contributed by atoms with E-state index < -0.39 is 17.5 Å². The zero-order valence-corrected chi connectivity index (χ0v) is 10.7. The predicted molar refractivity (Wildman–Crippen MR) is 66.6 cm³/mol. The van der Waals surface area contributed by atoms with Crippen LogP contribution in [0.4, 0.5) is 8.78 Å². The fraction of sp³-hybridized carbons (Fsp3) is 0.500. The van der Waals surface area contributed by atoms with Crippen LogP contribution in [0.2, 0.25) is 0 Å². The average Bonchev–Trinajstić information content (AvgIpc) is 2.35. The third-order valence-electron chi connectivity index (χ3n) is 3.65. The summed E-state index contributed by atoms with van der Waals surface area (Å²) in [5.41, 5.74) is -0.279. The minimum Gasteiger partial charge on any atom is -0.393 e. The first-order chi connectivity index (χ1) is 9.01. The van der Waals surface area contributed by atoms with Crippen molar-refractivity contribution in [1.82, 2.24) is 5.32 Å². The molecule has 1 saturated carbocycles. The minimum atomic E-state index is -0.734. The van der Waals surface area contributed by atoms with Crippen LogP contribution in [0, 0.1) is 17.6 Å². The molecule has 3 nitrogen and oxygen atoms in total. The summed E-state index contributed by atoms with van der Waals surface area (Å²) in [6.45, 7) is 1.91. The molecule has 1 aromatic rings. The van der Waals surface area contributed by atoms with E-state index >= 15 is 0 Å². The standard InChI is InChI=1S/C14H17F2NO2/c1-2-13(8-5-10(18)6-8)17-14(19)11-7-9(15)3-4-12(11)16/h3-4,7-8,10,13,18H,2,5-6H2,1H3,(H,17,19)/t8?,10?,13-/m0/s1. The summed E-state index contributed by atoms with van der Waals surface area (Å²) in [5.74, 6) is -1.77. The number of rotatable bonds is 4. The van der Waals surface area contributed by atoms with Crippen molar-refractivity contribution in [2.45, 2.75) is 38.3 Å². The Morgan fingerprint density at radius 1 is 1.47 bits per heavy atom. The van der Waals surface area contributed by atoms with Crippen molar-refractivity contribution in [2.75, 3.05) is 0 Å². The molecule has 0 saturated heterocycles. The molecule has 1 amide bonds. The number of hydrogen-bond donors (Lipinski definition) is 2. The van der Waals surface area contributed by atoms with E-state index in [4.69, 9.17) is 0 Å². The smallest absolute Gasteiger partial charge is 0.254 e. The normalized spacial score (nSPS) is 23.6. The van der Waals surface area contributed by atoms with Crippen LogP contribution in [-0.4, -0.2) is 23.2 Å². The third kappa shape index (κ3) is 3.10. The Kier molecular flexibility index (Phi) is 4.14. The van der Waals surface area contributed by atoms with E-state index in [1.54, 1.807) is 0 Å². The van der Waals surface area contributed by atoms with E-state index in [2.05, 4.69) is 5.32 Å². The number of amides is 1. The highest BCUT2D eigenvalue weighted by molar-refractivity contribution is 5.94. The third-order valence-corrected chi connectivity index (χ3v) is 3.65. The first-order valence-electron chi connectivity index (χ1n) is 6.45. The maximum Gasteiger partial charge on any atom is 0.254 e. The summed E-state index contributed by atoms with van der Waals surface area (Å²) in [4.78, 5) is 11.9. The maximum atomic E-state index is 13.5. The fourth-order valence-corrected chi connectivity index (χ4v) is 2.43. The first-order valence-corrected chi connectivity index (χ1v) is 6.45. The summed E-state index contributed by atoms with van der Waals surface area (Å²) in [5, 5.41) is 12.0. The Balaban J connectivity index is 2.05. The van der Waals surface area contributed by atoms with E-state index in [0.29, 0.717) is 19.3 Å². The largest absolute Gasteiger partial charge is 0.393 e. The zero-order chi connectivity index (χ0) is 14.0. The molecule has 1 atom stereocenters. The topological polar surface area (TPSA) is 49.3 Å². The van der Waals surface area contributed by atoms with Crippen molar-refractivity contribution in [1.29, 1.82) is 0 Å². The summed E-state index contributed by atoms with van der Waals surface area (Å²) in [7, 11) is 0. The molecule has 1 aromatic carbocycles. The van der Waals surface area contributed by atoms with E-state index in [9.17, 15) is 18.7 Å². The van der Waals surface area contributed by atoms with Crippen LogP contribution in [0.25, 0.3) is 0 Å². The molecular weight excluding hydrogens is 252 g/mol. The molecule has 1 fully saturated rings. The highest BCUT2D eigenvalue weighted by Crippen LogP contribution is 2.31. The van der Waals surface area contributed by atoms with Crippen LogP contribution in [0.15, 0.2) is 18.2 Å². The number of halogens is 2. The van der Waals surface area contributed by atoms with Crippen molar-refractivity contribution in [2.24, 2.45) is 5.92 Å². The monoisotopic (exact) mass is 269 g/mol. The molecule has 1 aliphatic carbocycles. The molecule has 0 bridgehead atoms. The molecule has 104 valence electrons. The van der Waals surface area contributed by atoms with Crippen molar-refractivity contribution < 1.29 is 18.7 Å². The lowest BCUT2D eigenvalue weighted by atomic mass is 9.76. The van der Waals surface area contributed by atoms with Gasteiger partial charge in [0, 0.05) is 6.04 Å². The predicted octanol–water partition coefficient (Wildman–Crippen LogP) is 2.24. The summed E-state index contributed by atoms with van der Waals surface area (Å²) < 4.78 is 26.5. The average molecular weight is 269 g/mol. The summed E-state index contributed by atoms with van der Waals surface area (Å²) >= 11 is 0. The molecular formula is C14H17F2NO2. The minimum absolute atomic E-state index is 0.112. The van der Waals surface area contributed by atoms with E-state index in [-0.39, 0.29) is 23.6 Å². The van der Waals surface area contributed by atoms with Crippen molar-refractivity contribution in [3.05, 3.63) is 35.4 Å². The Hall–Kier alpha value is -1.49. The van der Waals surface area contributed by atoms with E-state index in [1.165, 1.54) is 0 Å². The summed E-state index contributed by atoms with van der Waals surface area (Å²) in [6.07, 6.45) is 1.68. The van der Waals surface area contributed by atoms with Crippen LogP contribution in [0.1, 0.15) is 36.5 Å². The van der Waals surface area contributed by atoms with Crippen LogP contribution in [-0.2, 0) is 0 Å². The van der Waals surface area contributed by atoms with Gasteiger partial charge in [-0.1, -0.05) is 6.92 Å². The lowest BCUT2D eigenvalue weighted by Gasteiger charge is -2.37. The van der Waals surface area contributed by atoms with E-state index in [1.807, 2.05) is 6.92 Å². The van der Waals surface area contributed by atoms with Crippen LogP contribution in [0.5, 0.6) is 0 Å². The Morgan fingerprint density at radius 2 is 2.16 bits per heavy atom. The molecule has 2 N–H and O–H groups in total. The van der Waals surface area contributed by atoms with Crippen molar-refractivity contribution in [3.63, 3.8) is 0 Å². The van der Waals surface area contributed by atoms with Gasteiger partial charge in [0.05, 0.1) is 11.7 Å². The van der Waals surface area contributed by atoms with Gasteiger partial charge in [-0.15, -0.1) is 0 Å². The quantitative estimate of drug-likeness (QED) is 0.880. The van der Waals surface area contributed by atoms with Gasteiger partial charge in [-0.25, -0.2) is 8.78 Å². The van der Waals surface area contributed by atoms with Crippen molar-refractivity contribution in [3.8, 4) is 0 Å². The van der Waals surface area contributed by atoms with Gasteiger partial charge in [0.1, 0.15) is 11.6 Å². The Morgan fingerprint density at radius 3 is 2.74 bits per heavy atom. The van der Waals surface area contributed by atoms with Gasteiger partial charge < -0.3 is 10.4 Å². The van der Waals surface area contributed by atoms with Gasteiger partial charge >= 0.3 is 0 Å². The Labute approximate surface area is 110 Å². The number of benzene rings is 1. The van der Waals surface area contributed by atoms with Gasteiger partial charge in [0.25, 0.3) is 5.91 Å². The van der Waals surface area contributed by atoms with Crippen LogP contribution in [0.3, 0.4) is 0 Å². The lowest BCUT2D eigenvalue weighted by Crippen LogP contribution is -2.46. The van der Waals surface area contributed by atoms with Crippen LogP contribution < -0.4 is 5.32 Å². The molecule has 5 heteroatoms. The van der Waals surface area contributed by atoms with Crippen molar-refractivity contribution >= 4 is 5.91 Å². The lowest BCUT2D eigenvalue weighted by molar-refractivity contribution is 0.0232. The number of aliphatic hydroxyl groups excluding tert-OH is 1. The fourth-order valence-electron chi connectivity index (χ4n) is 2.43.